The minimum atomic E-state index is -1.52. The highest BCUT2D eigenvalue weighted by molar-refractivity contribution is 6.01. The molecule has 3 unspecified atom stereocenters. The van der Waals surface area contributed by atoms with E-state index in [9.17, 15) is 9.59 Å². The molecule has 1 aromatic rings. The number of rotatable bonds is 5. The molecule has 0 aromatic heterocycles. The zero-order chi connectivity index (χ0) is 21.7. The molecule has 1 spiro atoms. The summed E-state index contributed by atoms with van der Waals surface area (Å²) in [4.78, 5) is 24.9. The summed E-state index contributed by atoms with van der Waals surface area (Å²) in [5, 5.41) is 2.96. The molecule has 2 bridgehead atoms. The maximum Gasteiger partial charge on any atom is 0.254 e. The second-order valence-electron chi connectivity index (χ2n) is 7.48. The van der Waals surface area contributed by atoms with Gasteiger partial charge in [-0.05, 0) is 48.3 Å². The fourth-order valence-corrected chi connectivity index (χ4v) is 4.68. The van der Waals surface area contributed by atoms with Gasteiger partial charge in [-0.25, -0.2) is 0 Å². The number of hydrogen-bond donors (Lipinski definition) is 1. The summed E-state index contributed by atoms with van der Waals surface area (Å²) in [6.07, 6.45) is 6.12. The van der Waals surface area contributed by atoms with E-state index in [0.717, 1.165) is 5.56 Å². The molecule has 8 nitrogen and oxygen atoms in total. The number of carbonyl (C=O) groups excluding carboxylic acids is 2. The van der Waals surface area contributed by atoms with Gasteiger partial charge in [0.1, 0.15) is 5.60 Å². The maximum atomic E-state index is 12.9. The van der Waals surface area contributed by atoms with Crippen molar-refractivity contribution in [3.8, 4) is 17.2 Å². The summed E-state index contributed by atoms with van der Waals surface area (Å²) in [6, 6.07) is 1.48. The Balaban J connectivity index is 2.04. The van der Waals surface area contributed by atoms with E-state index < -0.39 is 17.4 Å². The smallest absolute Gasteiger partial charge is 0.254 e. The van der Waals surface area contributed by atoms with Gasteiger partial charge in [0.2, 0.25) is 17.4 Å². The molecule has 1 N–H and O–H groups in total. The van der Waals surface area contributed by atoms with Crippen LogP contribution in [0, 0.1) is 0 Å². The number of carbonyl (C=O) groups is 2. The molecule has 3 aliphatic rings. The lowest BCUT2D eigenvalue weighted by atomic mass is 9.80. The lowest BCUT2D eigenvalue weighted by molar-refractivity contribution is -0.216. The molecule has 2 aliphatic heterocycles. The van der Waals surface area contributed by atoms with Crippen LogP contribution in [0.4, 0.5) is 0 Å². The molecule has 3 atom stereocenters. The SMILES string of the molecule is COc1cc2c(c(OC)c1OC)C13C=CC(OC)(O1)C(=O)C=C3C(NC(C)=O)CC2. The van der Waals surface area contributed by atoms with Crippen LogP contribution in [0.5, 0.6) is 17.2 Å². The maximum absolute atomic E-state index is 12.9. The van der Waals surface area contributed by atoms with E-state index in [1.54, 1.807) is 26.4 Å². The predicted molar refractivity (Wildman–Crippen MR) is 107 cm³/mol. The molecule has 0 fully saturated rings. The molecule has 0 saturated carbocycles. The zero-order valence-corrected chi connectivity index (χ0v) is 17.7. The Kier molecular flexibility index (Phi) is 4.86. The first-order chi connectivity index (χ1) is 14.4. The molecule has 1 amide bonds. The topological polar surface area (TPSA) is 92.3 Å². The molecular weight excluding hydrogens is 390 g/mol. The number of amides is 1. The van der Waals surface area contributed by atoms with Crippen molar-refractivity contribution < 1.29 is 33.3 Å². The number of methoxy groups -OCH3 is 4. The number of ketones is 1. The first-order valence-electron chi connectivity index (χ1n) is 9.67. The van der Waals surface area contributed by atoms with Crippen LogP contribution in [0.15, 0.2) is 29.9 Å². The molecule has 2 heterocycles. The summed E-state index contributed by atoms with van der Waals surface area (Å²) in [7, 11) is 6.07. The van der Waals surface area contributed by atoms with Gasteiger partial charge >= 0.3 is 0 Å². The van der Waals surface area contributed by atoms with Crippen LogP contribution in [-0.4, -0.2) is 52.0 Å². The summed E-state index contributed by atoms with van der Waals surface area (Å²) < 4.78 is 28.8. The van der Waals surface area contributed by atoms with Gasteiger partial charge in [0.05, 0.1) is 27.4 Å². The Bertz CT molecular complexity index is 982. The van der Waals surface area contributed by atoms with Crippen LogP contribution < -0.4 is 19.5 Å². The lowest BCUT2D eigenvalue weighted by Crippen LogP contribution is -2.51. The summed E-state index contributed by atoms with van der Waals surface area (Å²) >= 11 is 0. The fraction of sp³-hybridized carbons (Fsp3) is 0.455. The highest BCUT2D eigenvalue weighted by Crippen LogP contribution is 2.57. The summed E-state index contributed by atoms with van der Waals surface area (Å²) in [5.41, 5.74) is 1.10. The number of hydrogen-bond acceptors (Lipinski definition) is 7. The van der Waals surface area contributed by atoms with Gasteiger partial charge in [-0.2, -0.15) is 0 Å². The predicted octanol–water partition coefficient (Wildman–Crippen LogP) is 1.80. The van der Waals surface area contributed by atoms with Crippen LogP contribution >= 0.6 is 0 Å². The first kappa shape index (κ1) is 20.4. The largest absolute Gasteiger partial charge is 0.493 e. The van der Waals surface area contributed by atoms with Crippen molar-refractivity contribution in [2.24, 2.45) is 0 Å². The Morgan fingerprint density at radius 3 is 2.47 bits per heavy atom. The minimum absolute atomic E-state index is 0.192. The standard InChI is InChI=1S/C22H25NO7/c1-12(24)23-15-7-6-13-10-16(26-2)19(27-3)20(28-4)18(13)21-8-9-22(29-5,30-21)17(25)11-14(15)21/h8-11,15H,6-7H2,1-5H3,(H,23,24). The fourth-order valence-electron chi connectivity index (χ4n) is 4.68. The molecular formula is C22H25NO7. The molecule has 8 heteroatoms. The Labute approximate surface area is 174 Å². The van der Waals surface area contributed by atoms with E-state index in [1.165, 1.54) is 27.2 Å². The van der Waals surface area contributed by atoms with Crippen molar-refractivity contribution in [1.29, 1.82) is 0 Å². The van der Waals surface area contributed by atoms with Gasteiger partial charge in [0.25, 0.3) is 5.79 Å². The number of nitrogens with one attached hydrogen (secondary N) is 1. The molecule has 0 saturated heterocycles. The monoisotopic (exact) mass is 415 g/mol. The minimum Gasteiger partial charge on any atom is -0.493 e. The average molecular weight is 415 g/mol. The van der Waals surface area contributed by atoms with Crippen molar-refractivity contribution in [2.45, 2.75) is 37.2 Å². The molecule has 1 aliphatic carbocycles. The molecule has 160 valence electrons. The second-order valence-corrected chi connectivity index (χ2v) is 7.48. The third-order valence-corrected chi connectivity index (χ3v) is 5.95. The van der Waals surface area contributed by atoms with Crippen LogP contribution in [-0.2, 0) is 31.1 Å². The van der Waals surface area contributed by atoms with E-state index in [4.69, 9.17) is 23.7 Å². The van der Waals surface area contributed by atoms with Gasteiger partial charge in [0.15, 0.2) is 11.5 Å². The molecule has 4 rings (SSSR count). The third kappa shape index (κ3) is 2.67. The van der Waals surface area contributed by atoms with Crippen LogP contribution in [0.1, 0.15) is 24.5 Å². The van der Waals surface area contributed by atoms with Gasteiger partial charge in [-0.15, -0.1) is 0 Å². The van der Waals surface area contributed by atoms with E-state index in [0.29, 0.717) is 41.2 Å². The highest BCUT2D eigenvalue weighted by Gasteiger charge is 2.59. The molecule has 30 heavy (non-hydrogen) atoms. The van der Waals surface area contributed by atoms with Gasteiger partial charge in [-0.1, -0.05) is 0 Å². The zero-order valence-electron chi connectivity index (χ0n) is 17.7. The highest BCUT2D eigenvalue weighted by atomic mass is 16.7. The van der Waals surface area contributed by atoms with Crippen LogP contribution in [0.25, 0.3) is 0 Å². The van der Waals surface area contributed by atoms with E-state index in [-0.39, 0.29) is 11.7 Å². The van der Waals surface area contributed by atoms with Crippen molar-refractivity contribution >= 4 is 11.7 Å². The first-order valence-corrected chi connectivity index (χ1v) is 9.67. The third-order valence-electron chi connectivity index (χ3n) is 5.95. The Morgan fingerprint density at radius 2 is 1.87 bits per heavy atom. The van der Waals surface area contributed by atoms with E-state index in [2.05, 4.69) is 5.32 Å². The Morgan fingerprint density at radius 1 is 1.13 bits per heavy atom. The molecule has 1 aromatic carbocycles. The quantitative estimate of drug-likeness (QED) is 0.733. The van der Waals surface area contributed by atoms with Crippen molar-refractivity contribution in [1.82, 2.24) is 5.32 Å². The van der Waals surface area contributed by atoms with E-state index >= 15 is 0 Å². The molecule has 0 radical (unpaired) electrons. The Hall–Kier alpha value is -2.84. The number of aryl methyl sites for hydroxylation is 1. The number of fused-ring (bicyclic) bond motifs is 2. The number of benzene rings is 1. The summed E-state index contributed by atoms with van der Waals surface area (Å²) in [5.74, 6) is -0.643. The van der Waals surface area contributed by atoms with Crippen molar-refractivity contribution in [2.75, 3.05) is 28.4 Å². The normalized spacial score (nSPS) is 28.8. The summed E-state index contributed by atoms with van der Waals surface area (Å²) in [6.45, 7) is 1.45. The van der Waals surface area contributed by atoms with Crippen LogP contribution in [0.2, 0.25) is 0 Å². The number of ether oxygens (including phenoxy) is 5. The van der Waals surface area contributed by atoms with Gasteiger partial charge in [0, 0.05) is 19.6 Å². The van der Waals surface area contributed by atoms with Gasteiger partial charge in [-0.3, -0.25) is 9.59 Å². The van der Waals surface area contributed by atoms with Crippen LogP contribution in [0.3, 0.4) is 0 Å². The average Bonchev–Trinajstić information content (AvgIpc) is 3.04. The second kappa shape index (κ2) is 7.14. The van der Waals surface area contributed by atoms with Crippen molar-refractivity contribution in [3.63, 3.8) is 0 Å². The van der Waals surface area contributed by atoms with Gasteiger partial charge < -0.3 is 29.0 Å². The van der Waals surface area contributed by atoms with E-state index in [1.807, 2.05) is 6.07 Å². The lowest BCUT2D eigenvalue weighted by Gasteiger charge is -2.41. The van der Waals surface area contributed by atoms with Crippen molar-refractivity contribution in [3.05, 3.63) is 41.0 Å².